The lowest BCUT2D eigenvalue weighted by molar-refractivity contribution is 0.183. The molecule has 0 aromatic carbocycles. The lowest BCUT2D eigenvalue weighted by Gasteiger charge is -2.39. The van der Waals surface area contributed by atoms with Gasteiger partial charge in [-0.25, -0.2) is 0 Å². The van der Waals surface area contributed by atoms with Crippen molar-refractivity contribution in [2.75, 3.05) is 13.1 Å². The second-order valence-electron chi connectivity index (χ2n) is 4.31. The SMILES string of the molecule is CC(C)(C)C(N)C1CNC1. The summed E-state index contributed by atoms with van der Waals surface area (Å²) in [5.41, 5.74) is 6.29. The Morgan fingerprint density at radius 1 is 1.40 bits per heavy atom. The summed E-state index contributed by atoms with van der Waals surface area (Å²) in [4.78, 5) is 0. The van der Waals surface area contributed by atoms with Gasteiger partial charge in [-0.1, -0.05) is 20.8 Å². The van der Waals surface area contributed by atoms with Crippen molar-refractivity contribution >= 4 is 0 Å². The third-order valence-corrected chi connectivity index (χ3v) is 2.32. The Balaban J connectivity index is 2.39. The van der Waals surface area contributed by atoms with Crippen molar-refractivity contribution in [3.63, 3.8) is 0 Å². The molecular formula is C8H18N2. The van der Waals surface area contributed by atoms with Crippen molar-refractivity contribution in [2.24, 2.45) is 17.1 Å². The van der Waals surface area contributed by atoms with Crippen LogP contribution in [-0.2, 0) is 0 Å². The van der Waals surface area contributed by atoms with Gasteiger partial charge in [0.2, 0.25) is 0 Å². The Bertz CT molecular complexity index is 111. The Morgan fingerprint density at radius 2 is 1.90 bits per heavy atom. The van der Waals surface area contributed by atoms with Gasteiger partial charge in [0.1, 0.15) is 0 Å². The maximum atomic E-state index is 6.02. The molecule has 1 saturated heterocycles. The molecule has 0 aliphatic carbocycles. The molecule has 1 heterocycles. The third-order valence-electron chi connectivity index (χ3n) is 2.32. The van der Waals surface area contributed by atoms with Crippen molar-refractivity contribution in [1.29, 1.82) is 0 Å². The fourth-order valence-corrected chi connectivity index (χ4v) is 1.27. The molecule has 1 atom stereocenters. The highest BCUT2D eigenvalue weighted by Crippen LogP contribution is 2.25. The van der Waals surface area contributed by atoms with Crippen LogP contribution in [0, 0.1) is 11.3 Å². The van der Waals surface area contributed by atoms with Crippen LogP contribution < -0.4 is 11.1 Å². The Kier molecular flexibility index (Phi) is 2.02. The molecule has 1 unspecified atom stereocenters. The fourth-order valence-electron chi connectivity index (χ4n) is 1.27. The van der Waals surface area contributed by atoms with Gasteiger partial charge in [-0.2, -0.15) is 0 Å². The predicted molar refractivity (Wildman–Crippen MR) is 43.8 cm³/mol. The van der Waals surface area contributed by atoms with Crippen molar-refractivity contribution in [2.45, 2.75) is 26.8 Å². The van der Waals surface area contributed by atoms with Gasteiger partial charge in [0.25, 0.3) is 0 Å². The molecule has 1 fully saturated rings. The fraction of sp³-hybridized carbons (Fsp3) is 1.00. The first-order valence-electron chi connectivity index (χ1n) is 3.98. The first-order valence-corrected chi connectivity index (χ1v) is 3.98. The zero-order valence-corrected chi connectivity index (χ0v) is 7.15. The van der Waals surface area contributed by atoms with Gasteiger partial charge in [0.15, 0.2) is 0 Å². The monoisotopic (exact) mass is 142 g/mol. The Hall–Kier alpha value is -0.0800. The zero-order valence-electron chi connectivity index (χ0n) is 7.15. The van der Waals surface area contributed by atoms with E-state index in [0.29, 0.717) is 12.0 Å². The van der Waals surface area contributed by atoms with Gasteiger partial charge in [0.05, 0.1) is 0 Å². The molecule has 1 rings (SSSR count). The predicted octanol–water partition coefficient (Wildman–Crippen LogP) is 0.579. The molecule has 10 heavy (non-hydrogen) atoms. The van der Waals surface area contributed by atoms with Crippen molar-refractivity contribution in [3.8, 4) is 0 Å². The van der Waals surface area contributed by atoms with E-state index in [1.807, 2.05) is 0 Å². The van der Waals surface area contributed by atoms with Gasteiger partial charge in [0, 0.05) is 19.1 Å². The molecule has 0 bridgehead atoms. The molecule has 0 aromatic rings. The number of hydrogen-bond donors (Lipinski definition) is 2. The first kappa shape index (κ1) is 8.02. The Labute approximate surface area is 63.2 Å². The minimum Gasteiger partial charge on any atom is -0.327 e. The van der Waals surface area contributed by atoms with E-state index in [4.69, 9.17) is 5.73 Å². The third kappa shape index (κ3) is 1.50. The van der Waals surface area contributed by atoms with Crippen molar-refractivity contribution in [1.82, 2.24) is 5.32 Å². The Morgan fingerprint density at radius 3 is 2.00 bits per heavy atom. The van der Waals surface area contributed by atoms with E-state index in [1.165, 1.54) is 0 Å². The summed E-state index contributed by atoms with van der Waals surface area (Å²) < 4.78 is 0. The summed E-state index contributed by atoms with van der Waals surface area (Å²) >= 11 is 0. The minimum absolute atomic E-state index is 0.271. The maximum absolute atomic E-state index is 6.02. The quantitative estimate of drug-likeness (QED) is 0.562. The van der Waals surface area contributed by atoms with Gasteiger partial charge >= 0.3 is 0 Å². The van der Waals surface area contributed by atoms with Crippen LogP contribution in [0.15, 0.2) is 0 Å². The lowest BCUT2D eigenvalue weighted by Crippen LogP contribution is -2.56. The molecule has 3 N–H and O–H groups in total. The summed E-state index contributed by atoms with van der Waals surface area (Å²) in [6, 6.07) is 0.355. The summed E-state index contributed by atoms with van der Waals surface area (Å²) in [6.45, 7) is 8.83. The molecule has 0 saturated carbocycles. The highest BCUT2D eigenvalue weighted by atomic mass is 15.0. The van der Waals surface area contributed by atoms with E-state index in [0.717, 1.165) is 13.1 Å². The van der Waals surface area contributed by atoms with Crippen LogP contribution in [0.5, 0.6) is 0 Å². The van der Waals surface area contributed by atoms with Gasteiger partial charge in [-0.3, -0.25) is 0 Å². The van der Waals surface area contributed by atoms with Crippen LogP contribution in [0.2, 0.25) is 0 Å². The van der Waals surface area contributed by atoms with Gasteiger partial charge in [-0.05, 0) is 11.3 Å². The normalized spacial score (nSPS) is 24.0. The van der Waals surface area contributed by atoms with E-state index in [1.54, 1.807) is 0 Å². The minimum atomic E-state index is 0.271. The molecule has 1 aliphatic rings. The average Bonchev–Trinajstić information content (AvgIpc) is 1.57. The highest BCUT2D eigenvalue weighted by molar-refractivity contribution is 4.90. The highest BCUT2D eigenvalue weighted by Gasteiger charge is 2.32. The zero-order chi connectivity index (χ0) is 7.78. The molecule has 0 amide bonds. The lowest BCUT2D eigenvalue weighted by atomic mass is 9.77. The van der Waals surface area contributed by atoms with Crippen LogP contribution in [0.3, 0.4) is 0 Å². The summed E-state index contributed by atoms with van der Waals surface area (Å²) in [5.74, 6) is 0.708. The van der Waals surface area contributed by atoms with Crippen LogP contribution in [0.4, 0.5) is 0 Å². The largest absolute Gasteiger partial charge is 0.327 e. The average molecular weight is 142 g/mol. The topological polar surface area (TPSA) is 38.0 Å². The van der Waals surface area contributed by atoms with Gasteiger partial charge < -0.3 is 11.1 Å². The molecule has 2 nitrogen and oxygen atoms in total. The van der Waals surface area contributed by atoms with Crippen LogP contribution in [0.25, 0.3) is 0 Å². The smallest absolute Gasteiger partial charge is 0.0140 e. The van der Waals surface area contributed by atoms with Crippen molar-refractivity contribution in [3.05, 3.63) is 0 Å². The maximum Gasteiger partial charge on any atom is 0.0140 e. The summed E-state index contributed by atoms with van der Waals surface area (Å²) in [7, 11) is 0. The van der Waals surface area contributed by atoms with Crippen LogP contribution >= 0.6 is 0 Å². The van der Waals surface area contributed by atoms with Gasteiger partial charge in [-0.15, -0.1) is 0 Å². The number of rotatable bonds is 1. The number of nitrogens with one attached hydrogen (secondary N) is 1. The van der Waals surface area contributed by atoms with Crippen LogP contribution in [-0.4, -0.2) is 19.1 Å². The second-order valence-corrected chi connectivity index (χ2v) is 4.31. The molecule has 60 valence electrons. The molecule has 0 radical (unpaired) electrons. The van der Waals surface area contributed by atoms with E-state index < -0.39 is 0 Å². The standard InChI is InChI=1S/C8H18N2/c1-8(2,3)7(9)6-4-10-5-6/h6-7,10H,4-5,9H2,1-3H3. The molecular weight excluding hydrogens is 124 g/mol. The van der Waals surface area contributed by atoms with Crippen molar-refractivity contribution < 1.29 is 0 Å². The number of nitrogens with two attached hydrogens (primary N) is 1. The molecule has 1 aliphatic heterocycles. The first-order chi connectivity index (χ1) is 4.52. The van der Waals surface area contributed by atoms with E-state index in [9.17, 15) is 0 Å². The molecule has 0 aromatic heterocycles. The van der Waals surface area contributed by atoms with E-state index in [-0.39, 0.29) is 5.41 Å². The summed E-state index contributed by atoms with van der Waals surface area (Å²) in [5, 5.41) is 3.23. The number of hydrogen-bond acceptors (Lipinski definition) is 2. The second kappa shape index (κ2) is 2.51. The summed E-state index contributed by atoms with van der Waals surface area (Å²) in [6.07, 6.45) is 0. The molecule has 2 heteroatoms. The van der Waals surface area contributed by atoms with Crippen LogP contribution in [0.1, 0.15) is 20.8 Å². The van der Waals surface area contributed by atoms with E-state index >= 15 is 0 Å². The van der Waals surface area contributed by atoms with E-state index in [2.05, 4.69) is 26.1 Å². The molecule has 0 spiro atoms.